The molecule has 2 heterocycles. The van der Waals surface area contributed by atoms with Crippen molar-refractivity contribution >= 4 is 50.8 Å². The van der Waals surface area contributed by atoms with Gasteiger partial charge in [0, 0.05) is 11.6 Å². The van der Waals surface area contributed by atoms with Gasteiger partial charge in [0.25, 0.3) is 0 Å². The fourth-order valence-corrected chi connectivity index (χ4v) is 3.99. The predicted molar refractivity (Wildman–Crippen MR) is 118 cm³/mol. The number of thiazole rings is 1. The lowest BCUT2D eigenvalue weighted by Crippen LogP contribution is -2.06. The van der Waals surface area contributed by atoms with E-state index in [2.05, 4.69) is 11.1 Å². The fraction of sp³-hybridized carbons (Fsp3) is 0.0435. The van der Waals surface area contributed by atoms with Gasteiger partial charge in [-0.05, 0) is 42.5 Å². The highest BCUT2D eigenvalue weighted by atomic mass is 35.5. The minimum Gasteiger partial charge on any atom is -0.457 e. The average Bonchev–Trinajstić information content (AvgIpc) is 3.43. The molecular formula is C23H12ClN3O3S. The minimum absolute atomic E-state index is 0.134. The smallest absolute Gasteiger partial charge is 0.340 e. The van der Waals surface area contributed by atoms with Crippen LogP contribution in [-0.4, -0.2) is 17.6 Å². The number of furan rings is 1. The maximum Gasteiger partial charge on any atom is 0.340 e. The first-order valence-electron chi connectivity index (χ1n) is 9.00. The van der Waals surface area contributed by atoms with Crippen molar-refractivity contribution in [3.05, 3.63) is 76.0 Å². The topological polar surface area (TPSA) is 99.9 Å². The summed E-state index contributed by atoms with van der Waals surface area (Å²) in [5, 5.41) is 19.0. The molecule has 31 heavy (non-hydrogen) atoms. The number of para-hydroxylation sites is 1. The Morgan fingerprint density at radius 1 is 1.19 bits per heavy atom. The molecule has 0 atom stereocenters. The van der Waals surface area contributed by atoms with Crippen molar-refractivity contribution in [3.63, 3.8) is 0 Å². The highest BCUT2D eigenvalue weighted by Gasteiger charge is 2.15. The van der Waals surface area contributed by atoms with Crippen LogP contribution in [0.15, 0.2) is 59.0 Å². The number of hydrogen-bond donors (Lipinski definition) is 0. The Morgan fingerprint density at radius 3 is 2.81 bits per heavy atom. The zero-order valence-corrected chi connectivity index (χ0v) is 17.4. The summed E-state index contributed by atoms with van der Waals surface area (Å²) >= 11 is 7.52. The van der Waals surface area contributed by atoms with E-state index in [0.717, 1.165) is 10.2 Å². The van der Waals surface area contributed by atoms with E-state index in [1.165, 1.54) is 17.4 Å². The lowest BCUT2D eigenvalue weighted by atomic mass is 10.1. The van der Waals surface area contributed by atoms with Crippen molar-refractivity contribution in [2.45, 2.75) is 0 Å². The van der Waals surface area contributed by atoms with E-state index in [1.54, 1.807) is 36.4 Å². The first kappa shape index (κ1) is 20.4. The molecule has 0 unspecified atom stereocenters. The number of rotatable bonds is 5. The maximum atomic E-state index is 12.1. The number of ether oxygens (including phenoxy) is 1. The molecule has 0 aliphatic carbocycles. The van der Waals surface area contributed by atoms with Crippen LogP contribution < -0.4 is 0 Å². The fourth-order valence-electron chi connectivity index (χ4n) is 2.87. The SMILES string of the molecule is N#CCOC(=O)c1cc(-c2ccc(/C=C(/C#N)c3nc4ccccc4s3)o2)ccc1Cl. The van der Waals surface area contributed by atoms with Gasteiger partial charge >= 0.3 is 5.97 Å². The molecule has 0 bridgehead atoms. The first-order valence-corrected chi connectivity index (χ1v) is 10.2. The number of esters is 1. The summed E-state index contributed by atoms with van der Waals surface area (Å²) in [6.45, 7) is -0.363. The molecule has 4 aromatic rings. The van der Waals surface area contributed by atoms with Crippen LogP contribution in [0.3, 0.4) is 0 Å². The lowest BCUT2D eigenvalue weighted by Gasteiger charge is -2.05. The molecule has 0 fully saturated rings. The van der Waals surface area contributed by atoms with Gasteiger partial charge in [-0.2, -0.15) is 10.5 Å². The van der Waals surface area contributed by atoms with Crippen molar-refractivity contribution < 1.29 is 13.9 Å². The maximum absolute atomic E-state index is 12.1. The molecule has 0 radical (unpaired) electrons. The number of allylic oxidation sites excluding steroid dienone is 1. The van der Waals surface area contributed by atoms with Crippen LogP contribution in [0.25, 0.3) is 33.2 Å². The summed E-state index contributed by atoms with van der Waals surface area (Å²) in [7, 11) is 0. The zero-order chi connectivity index (χ0) is 21.8. The van der Waals surface area contributed by atoms with Crippen molar-refractivity contribution in [1.82, 2.24) is 4.98 Å². The van der Waals surface area contributed by atoms with Crippen molar-refractivity contribution in [3.8, 4) is 23.5 Å². The zero-order valence-electron chi connectivity index (χ0n) is 15.8. The van der Waals surface area contributed by atoms with E-state index >= 15 is 0 Å². The summed E-state index contributed by atoms with van der Waals surface area (Å²) in [5.41, 5.74) is 1.96. The third-order valence-corrected chi connectivity index (χ3v) is 5.70. The second-order valence-electron chi connectivity index (χ2n) is 6.29. The number of benzene rings is 2. The first-order chi connectivity index (χ1) is 15.1. The monoisotopic (exact) mass is 445 g/mol. The third-order valence-electron chi connectivity index (χ3n) is 4.30. The standard InChI is InChI=1S/C23H12ClN3O3S/c24-18-7-5-14(12-17(18)23(28)29-10-9-25)20-8-6-16(30-20)11-15(13-26)22-27-19-3-1-2-4-21(19)31-22/h1-8,11-12H,10H2/b15-11-. The largest absolute Gasteiger partial charge is 0.457 e. The van der Waals surface area contributed by atoms with Gasteiger partial charge in [-0.3, -0.25) is 0 Å². The van der Waals surface area contributed by atoms with E-state index < -0.39 is 5.97 Å². The number of hydrogen-bond acceptors (Lipinski definition) is 7. The summed E-state index contributed by atoms with van der Waals surface area (Å²) < 4.78 is 11.7. The molecule has 2 aromatic heterocycles. The van der Waals surface area contributed by atoms with Crippen LogP contribution in [-0.2, 0) is 4.74 Å². The third kappa shape index (κ3) is 4.34. The molecule has 150 valence electrons. The van der Waals surface area contributed by atoms with Crippen LogP contribution in [0.5, 0.6) is 0 Å². The van der Waals surface area contributed by atoms with Gasteiger partial charge in [-0.1, -0.05) is 23.7 Å². The second-order valence-corrected chi connectivity index (χ2v) is 7.73. The summed E-state index contributed by atoms with van der Waals surface area (Å²) in [5.74, 6) is 0.260. The van der Waals surface area contributed by atoms with Crippen LogP contribution in [0.4, 0.5) is 0 Å². The Hall–Kier alpha value is -3.91. The quantitative estimate of drug-likeness (QED) is 0.278. The molecule has 0 spiro atoms. The minimum atomic E-state index is -0.692. The Kier molecular flexibility index (Phi) is 5.81. The summed E-state index contributed by atoms with van der Waals surface area (Å²) in [4.78, 5) is 16.6. The van der Waals surface area contributed by atoms with Gasteiger partial charge in [-0.25, -0.2) is 9.78 Å². The number of nitriles is 2. The number of aromatic nitrogens is 1. The van der Waals surface area contributed by atoms with E-state index in [-0.39, 0.29) is 17.2 Å². The van der Waals surface area contributed by atoms with E-state index in [0.29, 0.717) is 27.7 Å². The normalized spacial score (nSPS) is 11.1. The van der Waals surface area contributed by atoms with Crippen molar-refractivity contribution in [1.29, 1.82) is 10.5 Å². The molecule has 8 heteroatoms. The average molecular weight is 446 g/mol. The molecule has 2 aromatic carbocycles. The van der Waals surface area contributed by atoms with Crippen LogP contribution in [0, 0.1) is 22.7 Å². The van der Waals surface area contributed by atoms with Crippen LogP contribution in [0.1, 0.15) is 21.1 Å². The molecule has 6 nitrogen and oxygen atoms in total. The Morgan fingerprint density at radius 2 is 2.03 bits per heavy atom. The summed E-state index contributed by atoms with van der Waals surface area (Å²) in [6, 6.07) is 19.8. The van der Waals surface area contributed by atoms with Gasteiger partial charge in [0.15, 0.2) is 6.61 Å². The molecule has 0 N–H and O–H groups in total. The molecule has 0 saturated heterocycles. The van der Waals surface area contributed by atoms with E-state index in [4.69, 9.17) is 26.0 Å². The van der Waals surface area contributed by atoms with Crippen molar-refractivity contribution in [2.75, 3.05) is 6.61 Å². The highest BCUT2D eigenvalue weighted by Crippen LogP contribution is 2.31. The predicted octanol–water partition coefficient (Wildman–Crippen LogP) is 5.95. The Labute approximate surface area is 186 Å². The van der Waals surface area contributed by atoms with Crippen molar-refractivity contribution in [2.24, 2.45) is 0 Å². The number of nitrogens with zero attached hydrogens (tertiary/aromatic N) is 3. The Balaban J connectivity index is 1.64. The van der Waals surface area contributed by atoms with Gasteiger partial charge in [0.2, 0.25) is 0 Å². The van der Waals surface area contributed by atoms with E-state index in [9.17, 15) is 10.1 Å². The number of fused-ring (bicyclic) bond motifs is 1. The molecule has 0 aliphatic rings. The molecule has 0 amide bonds. The molecular weight excluding hydrogens is 434 g/mol. The number of carbonyl (C=O) groups excluding carboxylic acids is 1. The molecule has 4 rings (SSSR count). The number of carbonyl (C=O) groups is 1. The molecule has 0 aliphatic heterocycles. The molecule has 0 saturated carbocycles. The van der Waals surface area contributed by atoms with Crippen LogP contribution in [0.2, 0.25) is 5.02 Å². The lowest BCUT2D eigenvalue weighted by molar-refractivity contribution is 0.0555. The van der Waals surface area contributed by atoms with Gasteiger partial charge in [0.1, 0.15) is 28.7 Å². The van der Waals surface area contributed by atoms with Gasteiger partial charge in [-0.15, -0.1) is 11.3 Å². The second kappa shape index (κ2) is 8.85. The summed E-state index contributed by atoms with van der Waals surface area (Å²) in [6.07, 6.45) is 1.62. The van der Waals surface area contributed by atoms with Gasteiger partial charge < -0.3 is 9.15 Å². The van der Waals surface area contributed by atoms with E-state index in [1.807, 2.05) is 24.3 Å². The van der Waals surface area contributed by atoms with Gasteiger partial charge in [0.05, 0.1) is 26.4 Å². The Bertz CT molecular complexity index is 1370. The highest BCUT2D eigenvalue weighted by molar-refractivity contribution is 7.19. The number of halogens is 1. The van der Waals surface area contributed by atoms with Crippen LogP contribution >= 0.6 is 22.9 Å².